The fourth-order valence-electron chi connectivity index (χ4n) is 3.16. The molecule has 0 unspecified atom stereocenters. The fourth-order valence-corrected chi connectivity index (χ4v) is 5.77. The van der Waals surface area contributed by atoms with Gasteiger partial charge in [0.25, 0.3) is 0 Å². The Bertz CT molecular complexity index is 474. The van der Waals surface area contributed by atoms with Crippen LogP contribution in [0.15, 0.2) is 60.7 Å². The van der Waals surface area contributed by atoms with E-state index in [9.17, 15) is 4.80 Å². The molecule has 0 spiro atoms. The Labute approximate surface area is 117 Å². The van der Waals surface area contributed by atoms with Crippen LogP contribution in [0.5, 0.6) is 0 Å². The molecule has 0 saturated carbocycles. The lowest BCUT2D eigenvalue weighted by Crippen LogP contribution is -2.52. The number of rotatable bonds is 4. The van der Waals surface area contributed by atoms with Gasteiger partial charge in [-0.15, -0.1) is 0 Å². The normalized spacial score (nSPS) is 12.4. The summed E-state index contributed by atoms with van der Waals surface area (Å²) in [5.41, 5.74) is 2.45. The maximum atomic E-state index is 11.0. The smallest absolute Gasteiger partial charge is 0.197 e. The predicted molar refractivity (Wildman–Crippen MR) is 83.7 cm³/mol. The second-order valence-electron chi connectivity index (χ2n) is 5.55. The van der Waals surface area contributed by atoms with E-state index < -0.39 is 8.32 Å². The molecule has 100 valence electrons. The van der Waals surface area contributed by atoms with Crippen molar-refractivity contribution in [2.75, 3.05) is 0 Å². The largest absolute Gasteiger partial charge is 0.431 e. The minimum Gasteiger partial charge on any atom is -0.431 e. The Morgan fingerprint density at radius 1 is 0.842 bits per heavy atom. The molecular formula is C17H22OSi. The number of hydrogen-bond donors (Lipinski definition) is 1. The minimum atomic E-state index is -2.42. The second kappa shape index (κ2) is 5.31. The van der Waals surface area contributed by atoms with Crippen molar-refractivity contribution < 1.29 is 4.80 Å². The third kappa shape index (κ3) is 2.38. The van der Waals surface area contributed by atoms with Gasteiger partial charge < -0.3 is 4.80 Å². The van der Waals surface area contributed by atoms with Gasteiger partial charge in [0.1, 0.15) is 0 Å². The molecule has 0 atom stereocenters. The topological polar surface area (TPSA) is 20.2 Å². The molecule has 0 bridgehead atoms. The van der Waals surface area contributed by atoms with Crippen LogP contribution in [0, 0.1) is 0 Å². The maximum absolute atomic E-state index is 11.0. The van der Waals surface area contributed by atoms with Crippen molar-refractivity contribution in [3.8, 4) is 0 Å². The fraction of sp³-hybridized carbons (Fsp3) is 0.294. The Hall–Kier alpha value is -1.38. The molecule has 19 heavy (non-hydrogen) atoms. The van der Waals surface area contributed by atoms with E-state index in [0.29, 0.717) is 0 Å². The molecule has 0 saturated heterocycles. The van der Waals surface area contributed by atoms with Crippen molar-refractivity contribution in [2.45, 2.75) is 31.5 Å². The van der Waals surface area contributed by atoms with Crippen molar-refractivity contribution in [3.05, 3.63) is 71.8 Å². The van der Waals surface area contributed by atoms with Crippen LogP contribution in [-0.4, -0.2) is 13.1 Å². The molecule has 0 fully saturated rings. The average molecular weight is 270 g/mol. The van der Waals surface area contributed by atoms with E-state index in [1.54, 1.807) is 0 Å². The summed E-state index contributed by atoms with van der Waals surface area (Å²) >= 11 is 0. The summed E-state index contributed by atoms with van der Waals surface area (Å²) in [5.74, 6) is 0. The summed E-state index contributed by atoms with van der Waals surface area (Å²) in [4.78, 5) is 11.0. The highest BCUT2D eigenvalue weighted by Gasteiger charge is 2.47. The van der Waals surface area contributed by atoms with Gasteiger partial charge in [-0.25, -0.2) is 0 Å². The van der Waals surface area contributed by atoms with E-state index in [0.717, 1.165) is 6.42 Å². The van der Waals surface area contributed by atoms with Gasteiger partial charge in [0.15, 0.2) is 8.32 Å². The van der Waals surface area contributed by atoms with Gasteiger partial charge in [-0.05, 0) is 30.6 Å². The zero-order valence-electron chi connectivity index (χ0n) is 11.9. The summed E-state index contributed by atoms with van der Waals surface area (Å²) in [6, 6.07) is 20.9. The third-order valence-electron chi connectivity index (χ3n) is 4.11. The van der Waals surface area contributed by atoms with E-state index in [1.807, 2.05) is 25.2 Å². The van der Waals surface area contributed by atoms with E-state index in [1.165, 1.54) is 11.1 Å². The summed E-state index contributed by atoms with van der Waals surface area (Å²) in [5, 5.41) is -0.241. The van der Waals surface area contributed by atoms with Crippen LogP contribution < -0.4 is 0 Å². The van der Waals surface area contributed by atoms with Gasteiger partial charge >= 0.3 is 0 Å². The highest BCUT2D eigenvalue weighted by molar-refractivity contribution is 6.73. The van der Waals surface area contributed by atoms with Crippen LogP contribution >= 0.6 is 0 Å². The molecule has 0 aliphatic carbocycles. The molecule has 2 heteroatoms. The Balaban J connectivity index is 2.70. The van der Waals surface area contributed by atoms with Crippen molar-refractivity contribution in [2.24, 2.45) is 0 Å². The first kappa shape index (κ1) is 14.0. The summed E-state index contributed by atoms with van der Waals surface area (Å²) < 4.78 is 0. The number of hydrogen-bond acceptors (Lipinski definition) is 1. The van der Waals surface area contributed by atoms with Crippen molar-refractivity contribution in [1.29, 1.82) is 0 Å². The average Bonchev–Trinajstić information content (AvgIpc) is 2.41. The van der Waals surface area contributed by atoms with Crippen LogP contribution in [-0.2, 0) is 5.04 Å². The first-order valence-corrected chi connectivity index (χ1v) is 9.80. The van der Waals surface area contributed by atoms with Gasteiger partial charge in [0.05, 0.1) is 0 Å². The highest BCUT2D eigenvalue weighted by atomic mass is 28.4. The molecule has 1 N–H and O–H groups in total. The monoisotopic (exact) mass is 270 g/mol. The molecule has 0 aliphatic rings. The molecule has 0 aromatic heterocycles. The molecule has 0 aliphatic heterocycles. The summed E-state index contributed by atoms with van der Waals surface area (Å²) in [7, 11) is -2.42. The first-order chi connectivity index (χ1) is 9.02. The van der Waals surface area contributed by atoms with Gasteiger partial charge in [-0.3, -0.25) is 0 Å². The zero-order chi connectivity index (χ0) is 13.9. The van der Waals surface area contributed by atoms with Gasteiger partial charge in [-0.2, -0.15) is 0 Å². The molecule has 0 radical (unpaired) electrons. The Morgan fingerprint density at radius 2 is 1.21 bits per heavy atom. The summed E-state index contributed by atoms with van der Waals surface area (Å²) in [6.45, 7) is 6.25. The van der Waals surface area contributed by atoms with Crippen LogP contribution in [0.25, 0.3) is 0 Å². The molecule has 2 aromatic rings. The standard InChI is InChI=1S/C17H22OSi/c1-4-17(19(2,3)18,15-11-7-5-8-12-15)16-13-9-6-10-14-16/h5-14,18H,4H2,1-3H3. The van der Waals surface area contributed by atoms with Crippen LogP contribution in [0.3, 0.4) is 0 Å². The number of benzene rings is 2. The van der Waals surface area contributed by atoms with Gasteiger partial charge in [0, 0.05) is 5.04 Å². The molecular weight excluding hydrogens is 248 g/mol. The van der Waals surface area contributed by atoms with E-state index >= 15 is 0 Å². The molecule has 1 nitrogen and oxygen atoms in total. The molecule has 0 amide bonds. The van der Waals surface area contributed by atoms with Crippen LogP contribution in [0.4, 0.5) is 0 Å². The Morgan fingerprint density at radius 3 is 1.47 bits per heavy atom. The molecule has 2 aromatic carbocycles. The quantitative estimate of drug-likeness (QED) is 0.829. The molecule has 2 rings (SSSR count). The summed E-state index contributed by atoms with van der Waals surface area (Å²) in [6.07, 6.45) is 0.913. The van der Waals surface area contributed by atoms with Crippen LogP contribution in [0.2, 0.25) is 13.1 Å². The SMILES string of the molecule is CCC(c1ccccc1)(c1ccccc1)[Si](C)(C)O. The lowest BCUT2D eigenvalue weighted by molar-refractivity contribution is 0.475. The first-order valence-electron chi connectivity index (χ1n) is 6.86. The second-order valence-corrected chi connectivity index (χ2v) is 9.52. The lowest BCUT2D eigenvalue weighted by Gasteiger charge is -2.42. The van der Waals surface area contributed by atoms with E-state index in [-0.39, 0.29) is 5.04 Å². The maximum Gasteiger partial charge on any atom is 0.197 e. The Kier molecular flexibility index (Phi) is 3.93. The van der Waals surface area contributed by atoms with Crippen molar-refractivity contribution in [3.63, 3.8) is 0 Å². The lowest BCUT2D eigenvalue weighted by atomic mass is 9.88. The van der Waals surface area contributed by atoms with Gasteiger partial charge in [-0.1, -0.05) is 67.6 Å². The van der Waals surface area contributed by atoms with E-state index in [4.69, 9.17) is 0 Å². The van der Waals surface area contributed by atoms with Gasteiger partial charge in [0.2, 0.25) is 0 Å². The van der Waals surface area contributed by atoms with E-state index in [2.05, 4.69) is 55.5 Å². The molecule has 0 heterocycles. The zero-order valence-corrected chi connectivity index (χ0v) is 12.9. The highest BCUT2D eigenvalue weighted by Crippen LogP contribution is 2.42. The van der Waals surface area contributed by atoms with Crippen LogP contribution in [0.1, 0.15) is 24.5 Å². The predicted octanol–water partition coefficient (Wildman–Crippen LogP) is 4.12. The van der Waals surface area contributed by atoms with Crippen molar-refractivity contribution >= 4 is 8.32 Å². The minimum absolute atomic E-state index is 0.241. The van der Waals surface area contributed by atoms with Crippen molar-refractivity contribution in [1.82, 2.24) is 0 Å². The third-order valence-corrected chi connectivity index (χ3v) is 7.13.